The number of benzene rings is 2. The van der Waals surface area contributed by atoms with Gasteiger partial charge in [-0.2, -0.15) is 0 Å². The van der Waals surface area contributed by atoms with Gasteiger partial charge < -0.3 is 14.6 Å². The zero-order chi connectivity index (χ0) is 20.8. The Morgan fingerprint density at radius 2 is 1.86 bits per heavy atom. The minimum absolute atomic E-state index is 0.0849. The molecule has 0 atom stereocenters. The normalized spacial score (nSPS) is 11.0. The van der Waals surface area contributed by atoms with Crippen LogP contribution in [0.4, 0.5) is 0 Å². The fraction of sp³-hybridized carbons (Fsp3) is 0.318. The second kappa shape index (κ2) is 9.56. The number of amides is 1. The topological polar surface area (TPSA) is 73.2 Å². The summed E-state index contributed by atoms with van der Waals surface area (Å²) in [4.78, 5) is 29.0. The summed E-state index contributed by atoms with van der Waals surface area (Å²) >= 11 is 6.11. The molecule has 0 saturated carbocycles. The highest BCUT2D eigenvalue weighted by Crippen LogP contribution is 2.17. The van der Waals surface area contributed by atoms with Crippen molar-refractivity contribution >= 4 is 34.5 Å². The van der Waals surface area contributed by atoms with Gasteiger partial charge >= 0.3 is 5.97 Å². The number of hydrogen-bond acceptors (Lipinski definition) is 4. The molecule has 0 aliphatic heterocycles. The molecule has 0 aliphatic rings. The predicted octanol–water partition coefficient (Wildman–Crippen LogP) is 3.54. The quantitative estimate of drug-likeness (QED) is 0.573. The van der Waals surface area contributed by atoms with Gasteiger partial charge in [-0.1, -0.05) is 41.9 Å². The molecular formula is C22H24ClN3O3. The number of nitrogens with zero attached hydrogens (tertiary/aromatic N) is 2. The van der Waals surface area contributed by atoms with Crippen LogP contribution >= 0.6 is 11.6 Å². The largest absolute Gasteiger partial charge is 0.462 e. The summed E-state index contributed by atoms with van der Waals surface area (Å²) < 4.78 is 7.13. The van der Waals surface area contributed by atoms with Gasteiger partial charge in [0.2, 0.25) is 5.91 Å². The molecule has 7 heteroatoms. The molecule has 29 heavy (non-hydrogen) atoms. The third-order valence-electron chi connectivity index (χ3n) is 4.37. The first-order valence-corrected chi connectivity index (χ1v) is 9.95. The number of rotatable bonds is 8. The Hall–Kier alpha value is -2.86. The maximum absolute atomic E-state index is 12.2. The van der Waals surface area contributed by atoms with Gasteiger partial charge in [-0.25, -0.2) is 4.98 Å². The number of ether oxygens (including phenoxy) is 1. The number of imidazole rings is 1. The Balaban J connectivity index is 1.66. The summed E-state index contributed by atoms with van der Waals surface area (Å²) in [6.45, 7) is 4.13. The average molecular weight is 414 g/mol. The van der Waals surface area contributed by atoms with E-state index in [1.807, 2.05) is 60.9 Å². The van der Waals surface area contributed by atoms with Crippen LogP contribution in [0.1, 0.15) is 25.2 Å². The minimum Gasteiger partial charge on any atom is -0.462 e. The van der Waals surface area contributed by atoms with Crippen LogP contribution in [0.25, 0.3) is 11.0 Å². The van der Waals surface area contributed by atoms with Crippen molar-refractivity contribution in [2.45, 2.75) is 39.3 Å². The molecule has 0 fully saturated rings. The van der Waals surface area contributed by atoms with E-state index in [1.54, 1.807) is 6.07 Å². The second-order valence-corrected chi connectivity index (χ2v) is 7.42. The van der Waals surface area contributed by atoms with Crippen molar-refractivity contribution in [2.75, 3.05) is 6.54 Å². The fourth-order valence-electron chi connectivity index (χ4n) is 3.11. The zero-order valence-electron chi connectivity index (χ0n) is 16.5. The van der Waals surface area contributed by atoms with Crippen molar-refractivity contribution < 1.29 is 14.3 Å². The monoisotopic (exact) mass is 413 g/mol. The van der Waals surface area contributed by atoms with Crippen molar-refractivity contribution in [1.29, 1.82) is 0 Å². The number of para-hydroxylation sites is 2. The summed E-state index contributed by atoms with van der Waals surface area (Å²) in [5.41, 5.74) is 2.46. The standard InChI is InChI=1S/C22H24ClN3O3/c1-15(2)29-22(28)14-26-19-10-6-5-9-18(19)25-20(26)11-12-24-21(27)13-16-7-3-4-8-17(16)23/h3-10,15H,11-14H2,1-2H3,(H,24,27). The van der Waals surface area contributed by atoms with Gasteiger partial charge in [-0.3, -0.25) is 9.59 Å². The van der Waals surface area contributed by atoms with Gasteiger partial charge in [-0.15, -0.1) is 0 Å². The smallest absolute Gasteiger partial charge is 0.326 e. The second-order valence-electron chi connectivity index (χ2n) is 7.01. The van der Waals surface area contributed by atoms with Crippen molar-refractivity contribution in [1.82, 2.24) is 14.9 Å². The van der Waals surface area contributed by atoms with Crippen molar-refractivity contribution in [3.8, 4) is 0 Å². The Labute approximate surface area is 174 Å². The summed E-state index contributed by atoms with van der Waals surface area (Å²) in [5.74, 6) is 0.303. The lowest BCUT2D eigenvalue weighted by Crippen LogP contribution is -2.28. The number of nitrogens with one attached hydrogen (secondary N) is 1. The Bertz CT molecular complexity index is 1010. The zero-order valence-corrected chi connectivity index (χ0v) is 17.3. The van der Waals surface area contributed by atoms with Gasteiger partial charge in [0.1, 0.15) is 12.4 Å². The highest BCUT2D eigenvalue weighted by molar-refractivity contribution is 6.31. The number of aromatic nitrogens is 2. The highest BCUT2D eigenvalue weighted by atomic mass is 35.5. The molecule has 0 unspecified atom stereocenters. The number of hydrogen-bond donors (Lipinski definition) is 1. The molecule has 2 aromatic carbocycles. The van der Waals surface area contributed by atoms with E-state index in [0.717, 1.165) is 22.4 Å². The Morgan fingerprint density at radius 3 is 2.62 bits per heavy atom. The van der Waals surface area contributed by atoms with E-state index >= 15 is 0 Å². The molecule has 1 N–H and O–H groups in total. The Morgan fingerprint density at radius 1 is 1.14 bits per heavy atom. The minimum atomic E-state index is -0.313. The van der Waals surface area contributed by atoms with Gasteiger partial charge in [0.25, 0.3) is 0 Å². The molecule has 3 rings (SSSR count). The first-order valence-electron chi connectivity index (χ1n) is 9.57. The van der Waals surface area contributed by atoms with Crippen LogP contribution in [-0.4, -0.2) is 34.1 Å². The first-order chi connectivity index (χ1) is 13.9. The van der Waals surface area contributed by atoms with E-state index < -0.39 is 0 Å². The SMILES string of the molecule is CC(C)OC(=O)Cn1c(CCNC(=O)Cc2ccccc2Cl)nc2ccccc21. The van der Waals surface area contributed by atoms with Gasteiger partial charge in [0.05, 0.1) is 23.6 Å². The first kappa shape index (κ1) is 20.9. The molecule has 1 aromatic heterocycles. The van der Waals surface area contributed by atoms with E-state index in [4.69, 9.17) is 16.3 Å². The fourth-order valence-corrected chi connectivity index (χ4v) is 3.32. The summed E-state index contributed by atoms with van der Waals surface area (Å²) in [6, 6.07) is 14.9. The van der Waals surface area contributed by atoms with Crippen LogP contribution in [0, 0.1) is 0 Å². The maximum Gasteiger partial charge on any atom is 0.326 e. The van der Waals surface area contributed by atoms with Crippen LogP contribution in [-0.2, 0) is 33.7 Å². The number of halogens is 1. The summed E-state index contributed by atoms with van der Waals surface area (Å²) in [5, 5.41) is 3.47. The van der Waals surface area contributed by atoms with E-state index in [1.165, 1.54) is 0 Å². The number of carbonyl (C=O) groups excluding carboxylic acids is 2. The maximum atomic E-state index is 12.2. The molecule has 152 valence electrons. The predicted molar refractivity (Wildman–Crippen MR) is 113 cm³/mol. The van der Waals surface area contributed by atoms with E-state index in [-0.39, 0.29) is 30.9 Å². The molecule has 6 nitrogen and oxygen atoms in total. The number of fused-ring (bicyclic) bond motifs is 1. The van der Waals surface area contributed by atoms with Crippen molar-refractivity contribution in [2.24, 2.45) is 0 Å². The van der Waals surface area contributed by atoms with E-state index in [9.17, 15) is 9.59 Å². The lowest BCUT2D eigenvalue weighted by atomic mass is 10.1. The van der Waals surface area contributed by atoms with Gasteiger partial charge in [-0.05, 0) is 37.6 Å². The van der Waals surface area contributed by atoms with Crippen molar-refractivity contribution in [3.63, 3.8) is 0 Å². The third-order valence-corrected chi connectivity index (χ3v) is 4.74. The molecule has 0 saturated heterocycles. The highest BCUT2D eigenvalue weighted by Gasteiger charge is 2.15. The molecule has 3 aromatic rings. The summed E-state index contributed by atoms with van der Waals surface area (Å²) in [6.07, 6.45) is 0.541. The van der Waals surface area contributed by atoms with Gasteiger partial charge in [0, 0.05) is 18.0 Å². The molecule has 0 spiro atoms. The average Bonchev–Trinajstić information content (AvgIpc) is 3.00. The molecule has 1 heterocycles. The molecular weight excluding hydrogens is 390 g/mol. The van der Waals surface area contributed by atoms with Crippen LogP contribution in [0.3, 0.4) is 0 Å². The van der Waals surface area contributed by atoms with Crippen LogP contribution < -0.4 is 5.32 Å². The molecule has 0 aliphatic carbocycles. The molecule has 0 bridgehead atoms. The number of esters is 1. The third kappa shape index (κ3) is 5.57. The van der Waals surface area contributed by atoms with Crippen LogP contribution in [0.15, 0.2) is 48.5 Å². The lowest BCUT2D eigenvalue weighted by molar-refractivity contribution is -0.148. The van der Waals surface area contributed by atoms with Crippen molar-refractivity contribution in [3.05, 3.63) is 64.9 Å². The van der Waals surface area contributed by atoms with Gasteiger partial charge in [0.15, 0.2) is 0 Å². The summed E-state index contributed by atoms with van der Waals surface area (Å²) in [7, 11) is 0. The molecule has 1 amide bonds. The lowest BCUT2D eigenvalue weighted by Gasteiger charge is -2.12. The van der Waals surface area contributed by atoms with E-state index in [2.05, 4.69) is 10.3 Å². The number of carbonyl (C=O) groups is 2. The van der Waals surface area contributed by atoms with Crippen LogP contribution in [0.2, 0.25) is 5.02 Å². The van der Waals surface area contributed by atoms with E-state index in [0.29, 0.717) is 18.0 Å². The van der Waals surface area contributed by atoms with Crippen LogP contribution in [0.5, 0.6) is 0 Å². The Kier molecular flexibility index (Phi) is 6.88. The molecule has 0 radical (unpaired) electrons.